The normalized spacial score (nSPS) is 27.2. The second-order valence-corrected chi connectivity index (χ2v) is 4.28. The summed E-state index contributed by atoms with van der Waals surface area (Å²) in [6.07, 6.45) is 1.94. The molecular formula is C9H15NO2S. The Balaban J connectivity index is 1.78. The number of hydrogen-bond donors (Lipinski definition) is 1. The topological polar surface area (TPSA) is 29.5 Å². The van der Waals surface area contributed by atoms with Crippen LogP contribution in [0.5, 0.6) is 0 Å². The van der Waals surface area contributed by atoms with Gasteiger partial charge in [-0.3, -0.25) is 9.69 Å². The van der Waals surface area contributed by atoms with Crippen LogP contribution >= 0.6 is 12.6 Å². The van der Waals surface area contributed by atoms with Crippen molar-refractivity contribution in [3.05, 3.63) is 0 Å². The highest BCUT2D eigenvalue weighted by molar-refractivity contribution is 7.96. The van der Waals surface area contributed by atoms with Crippen LogP contribution in [0.4, 0.5) is 0 Å². The van der Waals surface area contributed by atoms with E-state index in [-0.39, 0.29) is 11.0 Å². The Labute approximate surface area is 83.8 Å². The Kier molecular flexibility index (Phi) is 2.91. The van der Waals surface area contributed by atoms with Crippen LogP contribution in [0, 0.1) is 5.92 Å². The van der Waals surface area contributed by atoms with Gasteiger partial charge in [0, 0.05) is 5.92 Å². The number of likely N-dealkylation sites (tertiary alicyclic amines) is 1. The van der Waals surface area contributed by atoms with Crippen LogP contribution in [0.3, 0.4) is 0 Å². The van der Waals surface area contributed by atoms with E-state index < -0.39 is 0 Å². The monoisotopic (exact) mass is 201 g/mol. The van der Waals surface area contributed by atoms with Gasteiger partial charge in [-0.1, -0.05) is 0 Å². The lowest BCUT2D eigenvalue weighted by Gasteiger charge is -2.40. The first kappa shape index (κ1) is 9.49. The number of carbonyl (C=O) groups excluding carboxylic acids is 1. The first-order chi connectivity index (χ1) is 6.27. The summed E-state index contributed by atoms with van der Waals surface area (Å²) in [6.45, 7) is 3.81. The van der Waals surface area contributed by atoms with Crippen molar-refractivity contribution in [3.8, 4) is 0 Å². The fourth-order valence-electron chi connectivity index (χ4n) is 1.95. The van der Waals surface area contributed by atoms with Gasteiger partial charge in [0.1, 0.15) is 0 Å². The third kappa shape index (κ3) is 2.06. The predicted octanol–water partition coefficient (Wildman–Crippen LogP) is 0.554. The Hall–Kier alpha value is -0.0600. The molecule has 0 amide bonds. The van der Waals surface area contributed by atoms with E-state index in [1.54, 1.807) is 0 Å². The highest BCUT2D eigenvalue weighted by Crippen LogP contribution is 2.22. The molecule has 2 heterocycles. The second kappa shape index (κ2) is 3.98. The van der Waals surface area contributed by atoms with Gasteiger partial charge < -0.3 is 4.74 Å². The van der Waals surface area contributed by atoms with Crippen molar-refractivity contribution >= 4 is 17.7 Å². The van der Waals surface area contributed by atoms with E-state index in [1.807, 2.05) is 0 Å². The van der Waals surface area contributed by atoms with Crippen molar-refractivity contribution in [2.75, 3.05) is 26.3 Å². The van der Waals surface area contributed by atoms with Crippen LogP contribution in [0.2, 0.25) is 0 Å². The van der Waals surface area contributed by atoms with Crippen molar-refractivity contribution in [1.82, 2.24) is 4.90 Å². The quantitative estimate of drug-likeness (QED) is 0.662. The molecule has 2 aliphatic heterocycles. The van der Waals surface area contributed by atoms with E-state index in [0.29, 0.717) is 6.04 Å². The third-order valence-corrected chi connectivity index (χ3v) is 3.38. The van der Waals surface area contributed by atoms with E-state index in [9.17, 15) is 4.79 Å². The zero-order chi connectivity index (χ0) is 9.26. The maximum Gasteiger partial charge on any atom is 0.189 e. The van der Waals surface area contributed by atoms with Gasteiger partial charge >= 0.3 is 0 Å². The summed E-state index contributed by atoms with van der Waals surface area (Å²) in [7, 11) is 0. The molecule has 2 fully saturated rings. The summed E-state index contributed by atoms with van der Waals surface area (Å²) in [5.41, 5.74) is 0. The zero-order valence-corrected chi connectivity index (χ0v) is 8.50. The summed E-state index contributed by atoms with van der Waals surface area (Å²) >= 11 is 3.88. The van der Waals surface area contributed by atoms with Crippen molar-refractivity contribution in [2.24, 2.45) is 5.92 Å². The lowest BCUT2D eigenvalue weighted by Crippen LogP contribution is -2.52. The van der Waals surface area contributed by atoms with Crippen molar-refractivity contribution in [3.63, 3.8) is 0 Å². The fourth-order valence-corrected chi connectivity index (χ4v) is 2.20. The van der Waals surface area contributed by atoms with Gasteiger partial charge in [-0.15, -0.1) is 12.6 Å². The van der Waals surface area contributed by atoms with E-state index in [0.717, 1.165) is 39.1 Å². The summed E-state index contributed by atoms with van der Waals surface area (Å²) in [6, 6.07) is 0.621. The minimum atomic E-state index is 0.0597. The van der Waals surface area contributed by atoms with Crippen molar-refractivity contribution in [1.29, 1.82) is 0 Å². The Morgan fingerprint density at radius 1 is 1.31 bits per heavy atom. The molecule has 3 nitrogen and oxygen atoms in total. The molecule has 0 aromatic rings. The fraction of sp³-hybridized carbons (Fsp3) is 0.889. The predicted molar refractivity (Wildman–Crippen MR) is 52.9 cm³/mol. The van der Waals surface area contributed by atoms with Crippen LogP contribution in [0.1, 0.15) is 12.8 Å². The smallest absolute Gasteiger partial charge is 0.189 e. The van der Waals surface area contributed by atoms with E-state index >= 15 is 0 Å². The molecular weight excluding hydrogens is 186 g/mol. The number of hydrogen-bond acceptors (Lipinski definition) is 3. The minimum Gasteiger partial charge on any atom is -0.378 e. The Bertz CT molecular complexity index is 198. The summed E-state index contributed by atoms with van der Waals surface area (Å²) < 4.78 is 5.14. The van der Waals surface area contributed by atoms with E-state index in [4.69, 9.17) is 4.74 Å². The highest BCUT2D eigenvalue weighted by atomic mass is 32.1. The third-order valence-electron chi connectivity index (χ3n) is 3.02. The number of thiol groups is 1. The molecule has 0 bridgehead atoms. The molecule has 0 aromatic heterocycles. The second-order valence-electron chi connectivity index (χ2n) is 3.84. The summed E-state index contributed by atoms with van der Waals surface area (Å²) in [5, 5.41) is 0.0597. The van der Waals surface area contributed by atoms with Gasteiger partial charge in [-0.05, 0) is 25.9 Å². The van der Waals surface area contributed by atoms with Gasteiger partial charge in [0.2, 0.25) is 0 Å². The average molecular weight is 201 g/mol. The largest absolute Gasteiger partial charge is 0.378 e. The first-order valence-electron chi connectivity index (χ1n) is 4.82. The van der Waals surface area contributed by atoms with Gasteiger partial charge in [0.15, 0.2) is 5.12 Å². The minimum absolute atomic E-state index is 0.0597. The van der Waals surface area contributed by atoms with Gasteiger partial charge in [-0.25, -0.2) is 0 Å². The van der Waals surface area contributed by atoms with Gasteiger partial charge in [-0.2, -0.15) is 0 Å². The molecule has 0 aliphatic carbocycles. The Morgan fingerprint density at radius 3 is 2.31 bits per heavy atom. The first-order valence-corrected chi connectivity index (χ1v) is 5.26. The van der Waals surface area contributed by atoms with Crippen LogP contribution in [-0.4, -0.2) is 42.4 Å². The number of piperidine rings is 1. The van der Waals surface area contributed by atoms with Gasteiger partial charge in [0.25, 0.3) is 0 Å². The molecule has 0 aromatic carbocycles. The number of rotatable bonds is 2. The Morgan fingerprint density at radius 2 is 1.92 bits per heavy atom. The molecule has 13 heavy (non-hydrogen) atoms. The van der Waals surface area contributed by atoms with Crippen LogP contribution in [0.15, 0.2) is 0 Å². The van der Waals surface area contributed by atoms with Crippen LogP contribution < -0.4 is 0 Å². The molecule has 0 radical (unpaired) electrons. The van der Waals surface area contributed by atoms with E-state index in [2.05, 4.69) is 17.5 Å². The van der Waals surface area contributed by atoms with E-state index in [1.165, 1.54) is 0 Å². The zero-order valence-electron chi connectivity index (χ0n) is 7.61. The number of nitrogens with zero attached hydrogens (tertiary/aromatic N) is 1. The SMILES string of the molecule is O=C(S)C1CCN(C2COC2)CC1. The molecule has 4 heteroatoms. The lowest BCUT2D eigenvalue weighted by atomic mass is 9.97. The summed E-state index contributed by atoms with van der Waals surface area (Å²) in [5.74, 6) is 0.195. The molecule has 0 saturated carbocycles. The summed E-state index contributed by atoms with van der Waals surface area (Å²) in [4.78, 5) is 13.4. The highest BCUT2D eigenvalue weighted by Gasteiger charge is 2.30. The lowest BCUT2D eigenvalue weighted by molar-refractivity contribution is -0.117. The maximum atomic E-state index is 11.0. The molecule has 2 aliphatic rings. The molecule has 0 spiro atoms. The molecule has 0 atom stereocenters. The maximum absolute atomic E-state index is 11.0. The average Bonchev–Trinajstić information content (AvgIpc) is 2.02. The number of carbonyl (C=O) groups is 1. The van der Waals surface area contributed by atoms with Gasteiger partial charge in [0.05, 0.1) is 19.3 Å². The molecule has 2 saturated heterocycles. The molecule has 0 unspecified atom stereocenters. The van der Waals surface area contributed by atoms with Crippen LogP contribution in [-0.2, 0) is 9.53 Å². The molecule has 0 N–H and O–H groups in total. The number of ether oxygens (including phenoxy) is 1. The molecule has 74 valence electrons. The van der Waals surface area contributed by atoms with Crippen LogP contribution in [0.25, 0.3) is 0 Å². The van der Waals surface area contributed by atoms with Crippen molar-refractivity contribution in [2.45, 2.75) is 18.9 Å². The standard InChI is InChI=1S/C9H15NO2S/c11-9(13)7-1-3-10(4-2-7)8-5-12-6-8/h7-8H,1-6H2,(H,11,13). The molecule has 2 rings (SSSR count). The van der Waals surface area contributed by atoms with Crippen molar-refractivity contribution < 1.29 is 9.53 Å².